The molecule has 3 nitrogen and oxygen atoms in total. The predicted molar refractivity (Wildman–Crippen MR) is 88.8 cm³/mol. The Hall–Kier alpha value is -2.29. The Kier molecular flexibility index (Phi) is 6.01. The summed E-state index contributed by atoms with van der Waals surface area (Å²) in [6, 6.07) is 13.9. The number of ether oxygens (including phenoxy) is 2. The van der Waals surface area contributed by atoms with Gasteiger partial charge in [-0.05, 0) is 29.3 Å². The third-order valence-corrected chi connectivity index (χ3v) is 3.45. The first-order chi connectivity index (χ1) is 10.7. The largest absolute Gasteiger partial charge is 0.455 e. The van der Waals surface area contributed by atoms with Crippen molar-refractivity contribution in [1.82, 2.24) is 0 Å². The first-order valence-electron chi connectivity index (χ1n) is 7.71. The SMILES string of the molecule is C=CC(=O)OC(CCCCC)Oc1ccc2ccccc2c1. The Morgan fingerprint density at radius 1 is 1.18 bits per heavy atom. The lowest BCUT2D eigenvalue weighted by Crippen LogP contribution is -2.23. The van der Waals surface area contributed by atoms with Crippen LogP contribution in [0.5, 0.6) is 5.75 Å². The summed E-state index contributed by atoms with van der Waals surface area (Å²) in [5.41, 5.74) is 0. The second-order valence-corrected chi connectivity index (χ2v) is 5.19. The average molecular weight is 298 g/mol. The van der Waals surface area contributed by atoms with Gasteiger partial charge in [-0.25, -0.2) is 4.79 Å². The summed E-state index contributed by atoms with van der Waals surface area (Å²) < 4.78 is 11.1. The maximum absolute atomic E-state index is 11.4. The van der Waals surface area contributed by atoms with Gasteiger partial charge in [-0.2, -0.15) is 0 Å². The van der Waals surface area contributed by atoms with Crippen molar-refractivity contribution in [3.8, 4) is 5.75 Å². The molecule has 0 saturated carbocycles. The highest BCUT2D eigenvalue weighted by molar-refractivity contribution is 5.83. The van der Waals surface area contributed by atoms with Gasteiger partial charge in [0.25, 0.3) is 0 Å². The summed E-state index contributed by atoms with van der Waals surface area (Å²) in [7, 11) is 0. The second-order valence-electron chi connectivity index (χ2n) is 5.19. The molecule has 0 spiro atoms. The van der Waals surface area contributed by atoms with E-state index in [-0.39, 0.29) is 0 Å². The molecule has 116 valence electrons. The number of carbonyl (C=O) groups is 1. The molecule has 0 aliphatic heterocycles. The van der Waals surface area contributed by atoms with Crippen LogP contribution in [-0.2, 0) is 9.53 Å². The lowest BCUT2D eigenvalue weighted by atomic mass is 10.1. The Morgan fingerprint density at radius 2 is 1.95 bits per heavy atom. The van der Waals surface area contributed by atoms with Crippen LogP contribution >= 0.6 is 0 Å². The second kappa shape index (κ2) is 8.23. The average Bonchev–Trinajstić information content (AvgIpc) is 2.54. The predicted octanol–water partition coefficient (Wildman–Crippen LogP) is 4.85. The van der Waals surface area contributed by atoms with E-state index < -0.39 is 12.3 Å². The molecule has 0 aromatic heterocycles. The van der Waals surface area contributed by atoms with E-state index in [9.17, 15) is 4.79 Å². The summed E-state index contributed by atoms with van der Waals surface area (Å²) in [5, 5.41) is 2.25. The van der Waals surface area contributed by atoms with Crippen LogP contribution in [0.1, 0.15) is 32.6 Å². The summed E-state index contributed by atoms with van der Waals surface area (Å²) >= 11 is 0. The number of hydrogen-bond donors (Lipinski definition) is 0. The van der Waals surface area contributed by atoms with E-state index >= 15 is 0 Å². The molecule has 2 aromatic carbocycles. The highest BCUT2D eigenvalue weighted by Gasteiger charge is 2.14. The van der Waals surface area contributed by atoms with Crippen molar-refractivity contribution in [2.75, 3.05) is 0 Å². The molecule has 0 radical (unpaired) electrons. The number of carbonyl (C=O) groups excluding carboxylic acids is 1. The van der Waals surface area contributed by atoms with E-state index in [1.807, 2.05) is 36.4 Å². The number of hydrogen-bond acceptors (Lipinski definition) is 3. The molecule has 1 unspecified atom stereocenters. The Balaban J connectivity index is 2.08. The number of benzene rings is 2. The molecule has 0 bridgehead atoms. The highest BCUT2D eigenvalue weighted by atomic mass is 16.7. The van der Waals surface area contributed by atoms with Gasteiger partial charge in [-0.1, -0.05) is 56.7 Å². The van der Waals surface area contributed by atoms with Crippen molar-refractivity contribution in [1.29, 1.82) is 0 Å². The minimum absolute atomic E-state index is 0.456. The van der Waals surface area contributed by atoms with E-state index in [1.54, 1.807) is 0 Å². The number of unbranched alkanes of at least 4 members (excludes halogenated alkanes) is 2. The van der Waals surface area contributed by atoms with Crippen LogP contribution in [0.25, 0.3) is 10.8 Å². The zero-order valence-electron chi connectivity index (χ0n) is 13.0. The molecule has 0 heterocycles. The number of esters is 1. The minimum atomic E-state index is -0.571. The number of fused-ring (bicyclic) bond motifs is 1. The van der Waals surface area contributed by atoms with Crippen LogP contribution in [0.3, 0.4) is 0 Å². The molecule has 0 N–H and O–H groups in total. The van der Waals surface area contributed by atoms with Crippen LogP contribution in [0.2, 0.25) is 0 Å². The van der Waals surface area contributed by atoms with Gasteiger partial charge in [0.1, 0.15) is 5.75 Å². The molecule has 3 heteroatoms. The lowest BCUT2D eigenvalue weighted by Gasteiger charge is -2.19. The first-order valence-corrected chi connectivity index (χ1v) is 7.71. The topological polar surface area (TPSA) is 35.5 Å². The van der Waals surface area contributed by atoms with Gasteiger partial charge in [0.2, 0.25) is 6.29 Å². The molecular formula is C19H22O3. The van der Waals surface area contributed by atoms with Gasteiger partial charge in [0, 0.05) is 12.5 Å². The van der Waals surface area contributed by atoms with Crippen molar-refractivity contribution >= 4 is 16.7 Å². The molecule has 0 aliphatic carbocycles. The highest BCUT2D eigenvalue weighted by Crippen LogP contribution is 2.23. The summed E-state index contributed by atoms with van der Waals surface area (Å²) in [4.78, 5) is 11.4. The summed E-state index contributed by atoms with van der Waals surface area (Å²) in [6.07, 6.45) is 4.43. The van der Waals surface area contributed by atoms with Gasteiger partial charge < -0.3 is 9.47 Å². The monoisotopic (exact) mass is 298 g/mol. The van der Waals surface area contributed by atoms with Gasteiger partial charge in [0.05, 0.1) is 0 Å². The van der Waals surface area contributed by atoms with Crippen molar-refractivity contribution in [2.45, 2.75) is 38.9 Å². The van der Waals surface area contributed by atoms with Crippen LogP contribution in [-0.4, -0.2) is 12.3 Å². The molecular weight excluding hydrogens is 276 g/mol. The van der Waals surface area contributed by atoms with Crippen molar-refractivity contribution in [2.24, 2.45) is 0 Å². The Morgan fingerprint density at radius 3 is 2.68 bits per heavy atom. The molecule has 1 atom stereocenters. The van der Waals surface area contributed by atoms with E-state index in [0.717, 1.165) is 36.1 Å². The first kappa shape index (κ1) is 16.1. The Bertz CT molecular complexity index is 633. The maximum atomic E-state index is 11.4. The smallest absolute Gasteiger partial charge is 0.333 e. The fraction of sp³-hybridized carbons (Fsp3) is 0.316. The zero-order valence-corrected chi connectivity index (χ0v) is 13.0. The summed E-state index contributed by atoms with van der Waals surface area (Å²) in [6.45, 7) is 5.56. The quantitative estimate of drug-likeness (QED) is 0.302. The molecule has 0 fully saturated rings. The summed E-state index contributed by atoms with van der Waals surface area (Å²) in [5.74, 6) is 0.249. The normalized spacial score (nSPS) is 11.9. The standard InChI is InChI=1S/C19H22O3/c1-3-5-6-11-19(22-18(20)4-2)21-17-13-12-15-9-7-8-10-16(15)14-17/h4,7-10,12-14,19H,2-3,5-6,11H2,1H3. The molecule has 2 rings (SSSR count). The minimum Gasteiger partial charge on any atom is -0.455 e. The van der Waals surface area contributed by atoms with Crippen molar-refractivity contribution < 1.29 is 14.3 Å². The van der Waals surface area contributed by atoms with Crippen LogP contribution < -0.4 is 4.74 Å². The molecule has 0 aliphatic rings. The van der Waals surface area contributed by atoms with Crippen molar-refractivity contribution in [3.05, 3.63) is 55.1 Å². The third-order valence-electron chi connectivity index (χ3n) is 3.45. The molecule has 0 saturated heterocycles. The van der Waals surface area contributed by atoms with Crippen molar-refractivity contribution in [3.63, 3.8) is 0 Å². The van der Waals surface area contributed by atoms with E-state index in [4.69, 9.17) is 9.47 Å². The maximum Gasteiger partial charge on any atom is 0.333 e. The number of rotatable bonds is 8. The molecule has 0 amide bonds. The fourth-order valence-corrected chi connectivity index (χ4v) is 2.27. The van der Waals surface area contributed by atoms with Gasteiger partial charge in [-0.15, -0.1) is 0 Å². The Labute approximate surface area is 131 Å². The third kappa shape index (κ3) is 4.62. The molecule has 22 heavy (non-hydrogen) atoms. The molecule has 2 aromatic rings. The van der Waals surface area contributed by atoms with Gasteiger partial charge in [-0.3, -0.25) is 0 Å². The van der Waals surface area contributed by atoms with Gasteiger partial charge in [0.15, 0.2) is 0 Å². The lowest BCUT2D eigenvalue weighted by molar-refractivity contribution is -0.158. The van der Waals surface area contributed by atoms with Crippen LogP contribution in [0, 0.1) is 0 Å². The van der Waals surface area contributed by atoms with Crippen LogP contribution in [0.15, 0.2) is 55.1 Å². The van der Waals surface area contributed by atoms with E-state index in [0.29, 0.717) is 12.2 Å². The van der Waals surface area contributed by atoms with E-state index in [1.165, 1.54) is 0 Å². The van der Waals surface area contributed by atoms with Gasteiger partial charge >= 0.3 is 5.97 Å². The van der Waals surface area contributed by atoms with E-state index in [2.05, 4.69) is 19.6 Å². The van der Waals surface area contributed by atoms with Crippen LogP contribution in [0.4, 0.5) is 0 Å². The fourth-order valence-electron chi connectivity index (χ4n) is 2.27. The zero-order chi connectivity index (χ0) is 15.8.